The van der Waals surface area contributed by atoms with Gasteiger partial charge in [0.1, 0.15) is 11.6 Å². The topological polar surface area (TPSA) is 69.0 Å². The van der Waals surface area contributed by atoms with Gasteiger partial charge >= 0.3 is 0 Å². The van der Waals surface area contributed by atoms with Crippen LogP contribution in [-0.4, -0.2) is 33.0 Å². The monoisotopic (exact) mass is 506 g/mol. The number of hydrogen-bond donors (Lipinski definition) is 1. The van der Waals surface area contributed by atoms with Gasteiger partial charge in [-0.25, -0.2) is 0 Å². The molecular weight excluding hydrogens is 479 g/mol. The smallest absolute Gasteiger partial charge is 0.234 e. The highest BCUT2D eigenvalue weighted by molar-refractivity contribution is 7.99. The summed E-state index contributed by atoms with van der Waals surface area (Å²) in [5, 5.41) is 13.3. The van der Waals surface area contributed by atoms with Crippen LogP contribution in [0.3, 0.4) is 0 Å². The third-order valence-electron chi connectivity index (χ3n) is 5.00. The molecule has 176 valence electrons. The van der Waals surface area contributed by atoms with Crippen molar-refractivity contribution < 1.29 is 9.53 Å². The van der Waals surface area contributed by atoms with Crippen LogP contribution in [0, 0.1) is 0 Å². The summed E-state index contributed by atoms with van der Waals surface area (Å²) in [5.74, 6) is 2.14. The van der Waals surface area contributed by atoms with Crippen molar-refractivity contribution in [3.05, 3.63) is 63.9 Å². The van der Waals surface area contributed by atoms with Crippen LogP contribution in [0.4, 0.5) is 5.69 Å². The van der Waals surface area contributed by atoms with Gasteiger partial charge in [0.05, 0.1) is 17.4 Å². The van der Waals surface area contributed by atoms with Gasteiger partial charge in [0.2, 0.25) is 5.91 Å². The van der Waals surface area contributed by atoms with Gasteiger partial charge in [-0.3, -0.25) is 4.79 Å². The second-order valence-corrected chi connectivity index (χ2v) is 9.57. The number of carbonyl (C=O) groups is 1. The van der Waals surface area contributed by atoms with E-state index in [4.69, 9.17) is 27.9 Å². The van der Waals surface area contributed by atoms with E-state index in [0.717, 1.165) is 29.6 Å². The lowest BCUT2D eigenvalue weighted by Gasteiger charge is -2.10. The van der Waals surface area contributed by atoms with E-state index in [1.54, 1.807) is 18.2 Å². The van der Waals surface area contributed by atoms with E-state index in [1.807, 2.05) is 35.8 Å². The second-order valence-electron chi connectivity index (χ2n) is 7.78. The Labute approximate surface area is 209 Å². The van der Waals surface area contributed by atoms with Gasteiger partial charge in [0.25, 0.3) is 0 Å². The van der Waals surface area contributed by atoms with Crippen LogP contribution < -0.4 is 10.1 Å². The van der Waals surface area contributed by atoms with Gasteiger partial charge < -0.3 is 14.6 Å². The quantitative estimate of drug-likeness (QED) is 0.238. The fraction of sp³-hybridized carbons (Fsp3) is 0.375. The minimum absolute atomic E-state index is 0.0715. The number of anilines is 1. The Morgan fingerprint density at radius 3 is 2.58 bits per heavy atom. The first-order valence-electron chi connectivity index (χ1n) is 10.9. The number of thioether (sulfide) groups is 1. The molecular formula is C24H28Cl2N4O2S. The number of halogens is 2. The van der Waals surface area contributed by atoms with E-state index in [1.165, 1.54) is 17.3 Å². The molecule has 0 atom stereocenters. The molecule has 6 nitrogen and oxygen atoms in total. The molecule has 0 saturated heterocycles. The van der Waals surface area contributed by atoms with Gasteiger partial charge in [-0.05, 0) is 55.2 Å². The molecule has 1 amide bonds. The van der Waals surface area contributed by atoms with E-state index in [2.05, 4.69) is 29.4 Å². The average molecular weight is 507 g/mol. The van der Waals surface area contributed by atoms with Crippen molar-refractivity contribution in [1.29, 1.82) is 0 Å². The predicted octanol–water partition coefficient (Wildman–Crippen LogP) is 6.47. The Morgan fingerprint density at radius 1 is 1.15 bits per heavy atom. The Kier molecular flexibility index (Phi) is 9.47. The zero-order valence-corrected chi connectivity index (χ0v) is 21.3. The first-order chi connectivity index (χ1) is 15.9. The van der Waals surface area contributed by atoms with E-state index in [0.29, 0.717) is 34.7 Å². The SMILES string of the molecule is CCn1c(CCCOc2ccc(Cl)cc2Cl)nnc1SCC(=O)Nc1ccc(C(C)C)cc1. The summed E-state index contributed by atoms with van der Waals surface area (Å²) < 4.78 is 7.78. The number of rotatable bonds is 11. The Morgan fingerprint density at radius 2 is 1.91 bits per heavy atom. The molecule has 33 heavy (non-hydrogen) atoms. The molecule has 3 rings (SSSR count). The van der Waals surface area contributed by atoms with Crippen LogP contribution in [0.15, 0.2) is 47.6 Å². The summed E-state index contributed by atoms with van der Waals surface area (Å²) in [7, 11) is 0. The number of hydrogen-bond acceptors (Lipinski definition) is 5. The molecule has 0 spiro atoms. The van der Waals surface area contributed by atoms with Crippen LogP contribution in [0.1, 0.15) is 44.5 Å². The molecule has 1 N–H and O–H groups in total. The van der Waals surface area contributed by atoms with Crippen molar-refractivity contribution in [1.82, 2.24) is 14.8 Å². The highest BCUT2D eigenvalue weighted by atomic mass is 35.5. The van der Waals surface area contributed by atoms with Gasteiger partial charge in [-0.1, -0.05) is 60.9 Å². The largest absolute Gasteiger partial charge is 0.492 e. The maximum atomic E-state index is 12.4. The van der Waals surface area contributed by atoms with Crippen molar-refractivity contribution >= 4 is 46.6 Å². The minimum Gasteiger partial charge on any atom is -0.492 e. The van der Waals surface area contributed by atoms with E-state index in [-0.39, 0.29) is 11.7 Å². The Balaban J connectivity index is 1.47. The molecule has 0 radical (unpaired) electrons. The fourth-order valence-corrected chi connectivity index (χ4v) is 4.50. The predicted molar refractivity (Wildman–Crippen MR) is 136 cm³/mol. The summed E-state index contributed by atoms with van der Waals surface area (Å²) in [6.45, 7) is 7.55. The first-order valence-corrected chi connectivity index (χ1v) is 12.6. The van der Waals surface area contributed by atoms with Gasteiger partial charge in [-0.2, -0.15) is 0 Å². The minimum atomic E-state index is -0.0715. The zero-order valence-electron chi connectivity index (χ0n) is 19.0. The summed E-state index contributed by atoms with van der Waals surface area (Å²) in [4.78, 5) is 12.4. The van der Waals surface area contributed by atoms with Gasteiger partial charge in [0.15, 0.2) is 5.16 Å². The lowest BCUT2D eigenvalue weighted by Crippen LogP contribution is -2.15. The van der Waals surface area contributed by atoms with Gasteiger partial charge in [0, 0.05) is 23.7 Å². The van der Waals surface area contributed by atoms with Crippen molar-refractivity contribution in [2.75, 3.05) is 17.7 Å². The van der Waals surface area contributed by atoms with Crippen molar-refractivity contribution in [2.24, 2.45) is 0 Å². The van der Waals surface area contributed by atoms with Crippen molar-refractivity contribution in [3.63, 3.8) is 0 Å². The fourth-order valence-electron chi connectivity index (χ4n) is 3.21. The number of amides is 1. The number of ether oxygens (including phenoxy) is 1. The molecule has 1 heterocycles. The normalized spacial score (nSPS) is 11.1. The standard InChI is InChI=1S/C24H28Cl2N4O2S/c1-4-30-22(6-5-13-32-21-12-9-18(25)14-20(21)26)28-29-24(30)33-15-23(31)27-19-10-7-17(8-11-19)16(2)3/h7-12,14,16H,4-6,13,15H2,1-3H3,(H,27,31). The molecule has 1 aromatic heterocycles. The van der Waals surface area contributed by atoms with Crippen LogP contribution in [0.5, 0.6) is 5.75 Å². The first kappa shape index (κ1) is 25.4. The van der Waals surface area contributed by atoms with Crippen molar-refractivity contribution in [3.8, 4) is 5.75 Å². The van der Waals surface area contributed by atoms with E-state index < -0.39 is 0 Å². The molecule has 0 unspecified atom stereocenters. The number of aromatic nitrogens is 3. The molecule has 0 saturated carbocycles. The number of benzene rings is 2. The molecule has 0 aliphatic rings. The van der Waals surface area contributed by atoms with E-state index >= 15 is 0 Å². The van der Waals surface area contributed by atoms with Crippen LogP contribution in [0.2, 0.25) is 10.0 Å². The van der Waals surface area contributed by atoms with Crippen molar-refractivity contribution in [2.45, 2.75) is 51.2 Å². The Hall–Kier alpha value is -2.22. The number of nitrogens with zero attached hydrogens (tertiary/aromatic N) is 3. The van der Waals surface area contributed by atoms with Crippen LogP contribution in [0.25, 0.3) is 0 Å². The summed E-state index contributed by atoms with van der Waals surface area (Å²) in [6.07, 6.45) is 1.47. The average Bonchev–Trinajstić information content (AvgIpc) is 3.18. The molecule has 0 bridgehead atoms. The maximum Gasteiger partial charge on any atom is 0.234 e. The third-order valence-corrected chi connectivity index (χ3v) is 6.50. The van der Waals surface area contributed by atoms with E-state index in [9.17, 15) is 4.79 Å². The van der Waals surface area contributed by atoms with Crippen LogP contribution >= 0.6 is 35.0 Å². The molecule has 0 aliphatic heterocycles. The number of nitrogens with one attached hydrogen (secondary N) is 1. The highest BCUT2D eigenvalue weighted by Gasteiger charge is 2.13. The molecule has 9 heteroatoms. The lowest BCUT2D eigenvalue weighted by atomic mass is 10.0. The zero-order chi connectivity index (χ0) is 23.8. The summed E-state index contributed by atoms with van der Waals surface area (Å²) in [5.41, 5.74) is 2.04. The number of aryl methyl sites for hydroxylation is 1. The summed E-state index contributed by atoms with van der Waals surface area (Å²) >= 11 is 13.4. The second kappa shape index (κ2) is 12.3. The molecule has 0 fully saturated rings. The highest BCUT2D eigenvalue weighted by Crippen LogP contribution is 2.27. The van der Waals surface area contributed by atoms with Gasteiger partial charge in [-0.15, -0.1) is 10.2 Å². The molecule has 0 aliphatic carbocycles. The maximum absolute atomic E-state index is 12.4. The number of carbonyl (C=O) groups excluding carboxylic acids is 1. The lowest BCUT2D eigenvalue weighted by molar-refractivity contribution is -0.113. The molecule has 2 aromatic carbocycles. The Bertz CT molecular complexity index is 1070. The third kappa shape index (κ3) is 7.39. The molecule has 3 aromatic rings. The summed E-state index contributed by atoms with van der Waals surface area (Å²) in [6, 6.07) is 13.1. The van der Waals surface area contributed by atoms with Crippen LogP contribution in [-0.2, 0) is 17.8 Å².